The van der Waals surface area contributed by atoms with Gasteiger partial charge in [0.2, 0.25) is 5.11 Å². The molecule has 108 valence electrons. The predicted octanol–water partition coefficient (Wildman–Crippen LogP) is 3.74. The smallest absolute Gasteiger partial charge is 0.204 e. The number of anilines is 1. The number of fused-ring (bicyclic) bond motifs is 4. The molecular formula is C15H16N4OS. The van der Waals surface area contributed by atoms with E-state index in [0.717, 1.165) is 22.1 Å². The van der Waals surface area contributed by atoms with E-state index in [1.54, 1.807) is 7.11 Å². The largest absolute Gasteiger partial charge is 0.318 e. The SMILES string of the molecule is CCc1ccc2c3c(ccc2c1)S(OC)=C1N=NCN1N3. The number of aryl methyl sites for hydroxylation is 1. The average molecular weight is 300 g/mol. The first-order valence-corrected chi connectivity index (χ1v) is 8.10. The Morgan fingerprint density at radius 2 is 2.24 bits per heavy atom. The lowest BCUT2D eigenvalue weighted by Crippen LogP contribution is -2.34. The maximum absolute atomic E-state index is 5.68. The first-order chi connectivity index (χ1) is 10.3. The fourth-order valence-corrected chi connectivity index (χ4v) is 4.23. The van der Waals surface area contributed by atoms with Gasteiger partial charge >= 0.3 is 0 Å². The molecule has 0 aliphatic carbocycles. The fourth-order valence-electron chi connectivity index (χ4n) is 2.74. The van der Waals surface area contributed by atoms with Crippen LogP contribution >= 0.6 is 10.8 Å². The van der Waals surface area contributed by atoms with Crippen molar-refractivity contribution in [3.8, 4) is 0 Å². The van der Waals surface area contributed by atoms with Gasteiger partial charge in [-0.1, -0.05) is 31.2 Å². The topological polar surface area (TPSA) is 49.2 Å². The lowest BCUT2D eigenvalue weighted by Gasteiger charge is -2.28. The van der Waals surface area contributed by atoms with Gasteiger partial charge in [0.15, 0.2) is 0 Å². The summed E-state index contributed by atoms with van der Waals surface area (Å²) in [5, 5.41) is 13.6. The van der Waals surface area contributed by atoms with E-state index in [1.807, 2.05) is 5.01 Å². The highest BCUT2D eigenvalue weighted by Crippen LogP contribution is 2.44. The Hall–Kier alpha value is -1.76. The van der Waals surface area contributed by atoms with Gasteiger partial charge in [0, 0.05) is 16.2 Å². The van der Waals surface area contributed by atoms with Gasteiger partial charge in [0.1, 0.15) is 6.67 Å². The predicted molar refractivity (Wildman–Crippen MR) is 86.4 cm³/mol. The molecule has 0 amide bonds. The lowest BCUT2D eigenvalue weighted by molar-refractivity contribution is 0.479. The van der Waals surface area contributed by atoms with Crippen molar-refractivity contribution in [1.29, 1.82) is 0 Å². The van der Waals surface area contributed by atoms with Crippen LogP contribution in [-0.2, 0) is 10.6 Å². The molecule has 21 heavy (non-hydrogen) atoms. The molecule has 2 aromatic carbocycles. The Bertz CT molecular complexity index is 800. The van der Waals surface area contributed by atoms with Crippen molar-refractivity contribution in [2.24, 2.45) is 10.2 Å². The second-order valence-electron chi connectivity index (χ2n) is 4.99. The molecule has 2 heterocycles. The third-order valence-electron chi connectivity index (χ3n) is 3.83. The van der Waals surface area contributed by atoms with E-state index in [4.69, 9.17) is 4.18 Å². The molecule has 4 rings (SSSR count). The summed E-state index contributed by atoms with van der Waals surface area (Å²) < 4.78 is 5.68. The molecule has 0 aromatic heterocycles. The highest BCUT2D eigenvalue weighted by Gasteiger charge is 2.29. The molecule has 0 fully saturated rings. The van der Waals surface area contributed by atoms with Gasteiger partial charge in [0.25, 0.3) is 0 Å². The minimum absolute atomic E-state index is 0.475. The third-order valence-corrected chi connectivity index (χ3v) is 5.53. The second kappa shape index (κ2) is 4.91. The number of hydrazine groups is 1. The van der Waals surface area contributed by atoms with Crippen LogP contribution in [0, 0.1) is 0 Å². The van der Waals surface area contributed by atoms with Crippen LogP contribution in [0.15, 0.2) is 45.5 Å². The molecule has 0 radical (unpaired) electrons. The van der Waals surface area contributed by atoms with Crippen LogP contribution in [0.5, 0.6) is 0 Å². The van der Waals surface area contributed by atoms with E-state index in [-0.39, 0.29) is 0 Å². The third kappa shape index (κ3) is 1.91. The summed E-state index contributed by atoms with van der Waals surface area (Å²) in [7, 11) is 1.25. The number of nitrogens with zero attached hydrogens (tertiary/aromatic N) is 3. The highest BCUT2D eigenvalue weighted by molar-refractivity contribution is 8.12. The van der Waals surface area contributed by atoms with Crippen molar-refractivity contribution in [3.63, 3.8) is 0 Å². The minimum atomic E-state index is -0.475. The Morgan fingerprint density at radius 1 is 1.33 bits per heavy atom. The number of hydrogen-bond donors (Lipinski definition) is 1. The molecule has 2 aromatic rings. The normalized spacial score (nSPS) is 20.5. The number of nitrogens with one attached hydrogen (secondary N) is 1. The summed E-state index contributed by atoms with van der Waals surface area (Å²) in [5.41, 5.74) is 5.90. The van der Waals surface area contributed by atoms with Gasteiger partial charge in [0.05, 0.1) is 17.7 Å². The number of benzene rings is 2. The quantitative estimate of drug-likeness (QED) is 0.859. The Balaban J connectivity index is 1.97. The molecule has 6 heteroatoms. The maximum Gasteiger partial charge on any atom is 0.204 e. The molecule has 0 saturated carbocycles. The monoisotopic (exact) mass is 300 g/mol. The van der Waals surface area contributed by atoms with Crippen molar-refractivity contribution in [2.45, 2.75) is 18.2 Å². The van der Waals surface area contributed by atoms with E-state index in [9.17, 15) is 0 Å². The summed E-state index contributed by atoms with van der Waals surface area (Å²) in [5.74, 6) is 0. The van der Waals surface area contributed by atoms with Crippen molar-refractivity contribution in [3.05, 3.63) is 35.9 Å². The number of hydrogen-bond acceptors (Lipinski definition) is 5. The fraction of sp³-hybridized carbons (Fsp3) is 0.267. The summed E-state index contributed by atoms with van der Waals surface area (Å²) in [6.45, 7) is 2.71. The average Bonchev–Trinajstić information content (AvgIpc) is 2.99. The van der Waals surface area contributed by atoms with Gasteiger partial charge in [-0.25, -0.2) is 0 Å². The van der Waals surface area contributed by atoms with Crippen molar-refractivity contribution in [2.75, 3.05) is 19.2 Å². The molecule has 2 aliphatic heterocycles. The van der Waals surface area contributed by atoms with Gasteiger partial charge in [-0.2, -0.15) is 5.11 Å². The summed E-state index contributed by atoms with van der Waals surface area (Å²) >= 11 is 0. The summed E-state index contributed by atoms with van der Waals surface area (Å²) in [4.78, 5) is 1.14. The molecular weight excluding hydrogens is 284 g/mol. The zero-order chi connectivity index (χ0) is 14.4. The van der Waals surface area contributed by atoms with Crippen LogP contribution in [0.25, 0.3) is 10.8 Å². The van der Waals surface area contributed by atoms with Crippen LogP contribution in [0.1, 0.15) is 12.5 Å². The Kier molecular flexibility index (Phi) is 3.02. The first kappa shape index (κ1) is 12.9. The van der Waals surface area contributed by atoms with Crippen LogP contribution in [0.2, 0.25) is 0 Å². The minimum Gasteiger partial charge on any atom is -0.318 e. The molecule has 0 bridgehead atoms. The van der Waals surface area contributed by atoms with E-state index in [1.165, 1.54) is 16.3 Å². The molecule has 0 spiro atoms. The lowest BCUT2D eigenvalue weighted by atomic mass is 10.0. The zero-order valence-electron chi connectivity index (χ0n) is 12.0. The Morgan fingerprint density at radius 3 is 3.05 bits per heavy atom. The van der Waals surface area contributed by atoms with E-state index in [2.05, 4.69) is 52.9 Å². The molecule has 0 saturated heterocycles. The van der Waals surface area contributed by atoms with E-state index >= 15 is 0 Å². The maximum atomic E-state index is 5.68. The molecule has 2 aliphatic rings. The van der Waals surface area contributed by atoms with Gasteiger partial charge < -0.3 is 9.61 Å². The molecule has 1 N–H and O–H groups in total. The van der Waals surface area contributed by atoms with E-state index in [0.29, 0.717) is 6.67 Å². The van der Waals surface area contributed by atoms with Gasteiger partial charge in [-0.15, -0.1) is 10.1 Å². The number of azo groups is 1. The summed E-state index contributed by atoms with van der Waals surface area (Å²) in [6, 6.07) is 10.9. The zero-order valence-corrected chi connectivity index (χ0v) is 12.8. The Labute approximate surface area is 125 Å². The molecule has 1 unspecified atom stereocenters. The second-order valence-corrected chi connectivity index (χ2v) is 6.66. The molecule has 5 nitrogen and oxygen atoms in total. The van der Waals surface area contributed by atoms with Crippen LogP contribution < -0.4 is 5.43 Å². The van der Waals surface area contributed by atoms with Crippen molar-refractivity contribution in [1.82, 2.24) is 5.01 Å². The molecule has 1 atom stereocenters. The van der Waals surface area contributed by atoms with Crippen LogP contribution in [-0.4, -0.2) is 23.9 Å². The first-order valence-electron chi connectivity index (χ1n) is 6.95. The summed E-state index contributed by atoms with van der Waals surface area (Å²) in [6.07, 6.45) is 1.05. The van der Waals surface area contributed by atoms with Crippen LogP contribution in [0.4, 0.5) is 5.69 Å². The highest BCUT2D eigenvalue weighted by atomic mass is 32.2. The van der Waals surface area contributed by atoms with Gasteiger partial charge in [-0.3, -0.25) is 0 Å². The standard InChI is InChI=1S/C15H16N4OS/c1-3-10-4-6-12-11(8-10)5-7-13-14(12)18-19-9-16-17-15(19)21(13)20-2/h4-8,18H,3,9H2,1-2H3. The van der Waals surface area contributed by atoms with Gasteiger partial charge in [-0.05, 0) is 23.4 Å². The van der Waals surface area contributed by atoms with E-state index < -0.39 is 10.8 Å². The van der Waals surface area contributed by atoms with Crippen molar-refractivity contribution < 1.29 is 4.18 Å². The number of rotatable bonds is 2. The van der Waals surface area contributed by atoms with Crippen LogP contribution in [0.3, 0.4) is 0 Å². The van der Waals surface area contributed by atoms with Crippen molar-refractivity contribution >= 4 is 32.3 Å².